The van der Waals surface area contributed by atoms with Gasteiger partial charge in [-0.15, -0.1) is 5.10 Å². The van der Waals surface area contributed by atoms with Crippen LogP contribution in [0, 0.1) is 19.7 Å². The SMILES string of the molecule is CSc1nc2nc(C)c(CC(=O)N(C)CCCCCc3cc(-c4cccc(F)c4)n[nH]3)c(C)n2n1. The fraction of sp³-hybridized carbons (Fsp3) is 0.400. The molecule has 0 atom stereocenters. The molecule has 3 aromatic heterocycles. The van der Waals surface area contributed by atoms with Crippen LogP contribution in [0.3, 0.4) is 0 Å². The first-order chi connectivity index (χ1) is 16.9. The summed E-state index contributed by atoms with van der Waals surface area (Å²) in [5.74, 6) is 0.362. The van der Waals surface area contributed by atoms with Gasteiger partial charge in [0.25, 0.3) is 5.78 Å². The van der Waals surface area contributed by atoms with E-state index in [9.17, 15) is 9.18 Å². The Morgan fingerprint density at radius 2 is 2.00 bits per heavy atom. The molecule has 4 aromatic rings. The van der Waals surface area contributed by atoms with Crippen molar-refractivity contribution in [3.63, 3.8) is 0 Å². The Bertz CT molecular complexity index is 1330. The van der Waals surface area contributed by atoms with Crippen LogP contribution in [0.1, 0.15) is 41.9 Å². The van der Waals surface area contributed by atoms with E-state index in [-0.39, 0.29) is 11.7 Å². The number of hydrogen-bond acceptors (Lipinski definition) is 6. The van der Waals surface area contributed by atoms with Crippen LogP contribution < -0.4 is 0 Å². The van der Waals surface area contributed by atoms with Gasteiger partial charge in [-0.05, 0) is 57.6 Å². The fourth-order valence-corrected chi connectivity index (χ4v) is 4.41. The first kappa shape index (κ1) is 24.8. The van der Waals surface area contributed by atoms with Crippen molar-refractivity contribution in [1.29, 1.82) is 0 Å². The Labute approximate surface area is 208 Å². The molecule has 0 aliphatic carbocycles. The molecule has 0 radical (unpaired) electrons. The monoisotopic (exact) mass is 495 g/mol. The summed E-state index contributed by atoms with van der Waals surface area (Å²) in [5.41, 5.74) is 5.16. The van der Waals surface area contributed by atoms with Gasteiger partial charge in [0.1, 0.15) is 5.82 Å². The molecule has 0 bridgehead atoms. The summed E-state index contributed by atoms with van der Waals surface area (Å²) in [5, 5.41) is 12.5. The second kappa shape index (κ2) is 11.0. The van der Waals surface area contributed by atoms with Crippen molar-refractivity contribution in [2.45, 2.75) is 51.1 Å². The van der Waals surface area contributed by atoms with Crippen molar-refractivity contribution >= 4 is 23.4 Å². The normalized spacial score (nSPS) is 11.3. The third-order valence-electron chi connectivity index (χ3n) is 6.16. The molecule has 3 heterocycles. The largest absolute Gasteiger partial charge is 0.345 e. The molecule has 0 aliphatic heterocycles. The molecule has 1 amide bonds. The van der Waals surface area contributed by atoms with Gasteiger partial charge < -0.3 is 4.90 Å². The maximum absolute atomic E-state index is 13.4. The Balaban J connectivity index is 1.24. The van der Waals surface area contributed by atoms with Crippen LogP contribution in [-0.4, -0.2) is 60.4 Å². The number of aryl methyl sites for hydroxylation is 3. The number of aromatic amines is 1. The van der Waals surface area contributed by atoms with Gasteiger partial charge in [0, 0.05) is 41.8 Å². The Morgan fingerprint density at radius 3 is 2.77 bits per heavy atom. The number of fused-ring (bicyclic) bond motifs is 1. The molecule has 10 heteroatoms. The lowest BCUT2D eigenvalue weighted by Gasteiger charge is -2.18. The van der Waals surface area contributed by atoms with E-state index < -0.39 is 0 Å². The van der Waals surface area contributed by atoms with Gasteiger partial charge in [0.15, 0.2) is 0 Å². The third-order valence-corrected chi connectivity index (χ3v) is 6.69. The van der Waals surface area contributed by atoms with E-state index >= 15 is 0 Å². The average molecular weight is 496 g/mol. The smallest absolute Gasteiger partial charge is 0.253 e. The number of nitrogens with zero attached hydrogens (tertiary/aromatic N) is 6. The van der Waals surface area contributed by atoms with Gasteiger partial charge in [-0.25, -0.2) is 13.9 Å². The van der Waals surface area contributed by atoms with Crippen molar-refractivity contribution in [3.8, 4) is 11.3 Å². The highest BCUT2D eigenvalue weighted by Gasteiger charge is 2.18. The van der Waals surface area contributed by atoms with Crippen molar-refractivity contribution in [3.05, 3.63) is 58.8 Å². The molecule has 0 unspecified atom stereocenters. The minimum absolute atomic E-state index is 0.0656. The van der Waals surface area contributed by atoms with Gasteiger partial charge in [-0.3, -0.25) is 9.89 Å². The second-order valence-electron chi connectivity index (χ2n) is 8.66. The maximum atomic E-state index is 13.4. The van der Waals surface area contributed by atoms with Crippen LogP contribution in [0.2, 0.25) is 0 Å². The van der Waals surface area contributed by atoms with E-state index in [1.165, 1.54) is 23.9 Å². The van der Waals surface area contributed by atoms with Crippen LogP contribution in [0.4, 0.5) is 4.39 Å². The molecular formula is C25H30FN7OS. The number of unbranched alkanes of at least 4 members (excludes halogenated alkanes) is 2. The summed E-state index contributed by atoms with van der Waals surface area (Å²) in [6.07, 6.45) is 5.98. The second-order valence-corrected chi connectivity index (χ2v) is 9.44. The van der Waals surface area contributed by atoms with E-state index in [1.807, 2.05) is 39.3 Å². The minimum atomic E-state index is -0.268. The van der Waals surface area contributed by atoms with E-state index in [0.717, 1.165) is 59.6 Å². The van der Waals surface area contributed by atoms with Crippen LogP contribution in [0.5, 0.6) is 0 Å². The predicted molar refractivity (Wildman–Crippen MR) is 135 cm³/mol. The number of carbonyl (C=O) groups excluding carboxylic acids is 1. The lowest BCUT2D eigenvalue weighted by atomic mass is 10.1. The van der Waals surface area contributed by atoms with Crippen molar-refractivity contribution in [1.82, 2.24) is 34.7 Å². The van der Waals surface area contributed by atoms with E-state index in [2.05, 4.69) is 25.3 Å². The molecular weight excluding hydrogens is 465 g/mol. The third kappa shape index (κ3) is 5.87. The van der Waals surface area contributed by atoms with Gasteiger partial charge in [-0.1, -0.05) is 30.3 Å². The zero-order valence-corrected chi connectivity index (χ0v) is 21.3. The van der Waals surface area contributed by atoms with E-state index in [4.69, 9.17) is 0 Å². The Hall–Kier alpha value is -3.27. The topological polar surface area (TPSA) is 92.1 Å². The number of halogens is 1. The highest BCUT2D eigenvalue weighted by molar-refractivity contribution is 7.98. The van der Waals surface area contributed by atoms with Crippen LogP contribution in [0.15, 0.2) is 35.5 Å². The lowest BCUT2D eigenvalue weighted by molar-refractivity contribution is -0.129. The number of carbonyl (C=O) groups is 1. The number of amides is 1. The summed E-state index contributed by atoms with van der Waals surface area (Å²) in [7, 11) is 1.85. The van der Waals surface area contributed by atoms with Gasteiger partial charge in [0.05, 0.1) is 12.1 Å². The summed E-state index contributed by atoms with van der Waals surface area (Å²) in [4.78, 5) is 23.6. The molecule has 35 heavy (non-hydrogen) atoms. The van der Waals surface area contributed by atoms with Crippen molar-refractivity contribution < 1.29 is 9.18 Å². The zero-order chi connectivity index (χ0) is 24.9. The predicted octanol–water partition coefficient (Wildman–Crippen LogP) is 4.41. The summed E-state index contributed by atoms with van der Waals surface area (Å²) >= 11 is 1.47. The molecule has 184 valence electrons. The first-order valence-corrected chi connectivity index (χ1v) is 12.9. The number of rotatable bonds is 10. The summed E-state index contributed by atoms with van der Waals surface area (Å²) in [6.45, 7) is 4.57. The molecule has 4 rings (SSSR count). The molecule has 0 aliphatic rings. The van der Waals surface area contributed by atoms with E-state index in [1.54, 1.807) is 15.5 Å². The standard InChI is InChI=1S/C25H30FN7OS/c1-16-21(17(2)33-24(27-16)28-25(31-33)35-4)15-23(34)32(3)12-7-5-6-11-20-14-22(30-29-20)18-9-8-10-19(26)13-18/h8-10,13-14H,5-7,11-12,15H2,1-4H3,(H,29,30). The summed E-state index contributed by atoms with van der Waals surface area (Å²) in [6, 6.07) is 8.41. The molecule has 8 nitrogen and oxygen atoms in total. The van der Waals surface area contributed by atoms with Crippen LogP contribution in [0.25, 0.3) is 17.0 Å². The molecule has 0 spiro atoms. The lowest BCUT2D eigenvalue weighted by Crippen LogP contribution is -2.30. The first-order valence-electron chi connectivity index (χ1n) is 11.7. The number of H-pyrrole nitrogens is 1. The number of benzene rings is 1. The highest BCUT2D eigenvalue weighted by atomic mass is 32.2. The molecule has 0 saturated heterocycles. The Kier molecular flexibility index (Phi) is 7.80. The van der Waals surface area contributed by atoms with Gasteiger partial charge in [0.2, 0.25) is 11.1 Å². The summed E-state index contributed by atoms with van der Waals surface area (Å²) < 4.78 is 15.1. The minimum Gasteiger partial charge on any atom is -0.345 e. The number of likely N-dealkylation sites (N-methyl/N-ethyl adjacent to an activating group) is 1. The quantitative estimate of drug-likeness (QED) is 0.259. The molecule has 0 saturated carbocycles. The highest BCUT2D eigenvalue weighted by Crippen LogP contribution is 2.20. The number of hydrogen-bond donors (Lipinski definition) is 1. The molecule has 1 N–H and O–H groups in total. The zero-order valence-electron chi connectivity index (χ0n) is 20.5. The fourth-order valence-electron chi connectivity index (χ4n) is 4.07. The van der Waals surface area contributed by atoms with Crippen LogP contribution in [-0.2, 0) is 17.6 Å². The maximum Gasteiger partial charge on any atom is 0.253 e. The molecule has 0 fully saturated rings. The van der Waals surface area contributed by atoms with E-state index in [0.29, 0.717) is 23.9 Å². The molecule has 1 aromatic carbocycles. The Morgan fingerprint density at radius 1 is 1.17 bits per heavy atom. The van der Waals surface area contributed by atoms with Gasteiger partial charge >= 0.3 is 0 Å². The van der Waals surface area contributed by atoms with Crippen LogP contribution >= 0.6 is 11.8 Å². The van der Waals surface area contributed by atoms with Crippen molar-refractivity contribution in [2.24, 2.45) is 0 Å². The average Bonchev–Trinajstić information content (AvgIpc) is 3.48. The number of thioether (sulfide) groups is 1. The van der Waals surface area contributed by atoms with Crippen molar-refractivity contribution in [2.75, 3.05) is 19.8 Å². The number of nitrogens with one attached hydrogen (secondary N) is 1. The number of aromatic nitrogens is 6. The van der Waals surface area contributed by atoms with Gasteiger partial charge in [-0.2, -0.15) is 10.1 Å².